The van der Waals surface area contributed by atoms with Crippen LogP contribution < -0.4 is 20.7 Å². The van der Waals surface area contributed by atoms with E-state index in [9.17, 15) is 41.2 Å². The quantitative estimate of drug-likeness (QED) is 0.254. The normalized spacial score (nSPS) is 25.4. The van der Waals surface area contributed by atoms with Crippen molar-refractivity contribution in [2.24, 2.45) is 5.92 Å². The SMILES string of the molecule is C=C[C@@H]1C[C@@]12NC(=O)[C@@H]1C[C@@H](OC(=O)N3Cc4cccc(F)c4C3)CN1C(=O)[C@@H](NC(=O)OCc1ccccc1)CCCCCCCNc1ccc(F)cc1S(=O)(=O)NC2=O. The number of carbonyl (C=O) groups is 5. The van der Waals surface area contributed by atoms with Crippen molar-refractivity contribution in [3.8, 4) is 0 Å². The van der Waals surface area contributed by atoms with Gasteiger partial charge in [0, 0.05) is 31.0 Å². The molecule has 0 radical (unpaired) electrons. The molecule has 3 aromatic carbocycles. The van der Waals surface area contributed by atoms with E-state index in [0.717, 1.165) is 24.1 Å². The number of amides is 5. The summed E-state index contributed by atoms with van der Waals surface area (Å²) in [5, 5.41) is 8.37. The van der Waals surface area contributed by atoms with Crippen LogP contribution in [0, 0.1) is 17.6 Å². The molecule has 0 bridgehead atoms. The molecule has 1 saturated heterocycles. The van der Waals surface area contributed by atoms with E-state index in [1.807, 2.05) is 10.8 Å². The van der Waals surface area contributed by atoms with Gasteiger partial charge in [0.05, 0.1) is 18.8 Å². The summed E-state index contributed by atoms with van der Waals surface area (Å²) in [4.78, 5) is 71.6. The number of nitrogens with zero attached hydrogens (tertiary/aromatic N) is 2. The van der Waals surface area contributed by atoms with Crippen LogP contribution in [0.5, 0.6) is 0 Å². The van der Waals surface area contributed by atoms with Gasteiger partial charge in [-0.2, -0.15) is 0 Å². The lowest BCUT2D eigenvalue weighted by Gasteiger charge is -2.30. The Balaban J connectivity index is 1.16. The van der Waals surface area contributed by atoms with Gasteiger partial charge < -0.3 is 30.3 Å². The second-order valence-electron chi connectivity index (χ2n) is 15.8. The fourth-order valence-corrected chi connectivity index (χ4v) is 9.40. The zero-order valence-electron chi connectivity index (χ0n) is 33.4. The Labute approximate surface area is 352 Å². The first-order valence-electron chi connectivity index (χ1n) is 20.3. The molecule has 1 spiro atoms. The van der Waals surface area contributed by atoms with E-state index in [1.165, 1.54) is 28.0 Å². The van der Waals surface area contributed by atoms with E-state index in [0.29, 0.717) is 43.4 Å². The first kappa shape index (κ1) is 43.1. The highest BCUT2D eigenvalue weighted by Crippen LogP contribution is 2.45. The van der Waals surface area contributed by atoms with Gasteiger partial charge in [0.25, 0.3) is 15.9 Å². The van der Waals surface area contributed by atoms with Crippen molar-refractivity contribution in [1.82, 2.24) is 25.2 Å². The summed E-state index contributed by atoms with van der Waals surface area (Å²) < 4.78 is 69.7. The zero-order chi connectivity index (χ0) is 43.3. The van der Waals surface area contributed by atoms with Gasteiger partial charge in [-0.05, 0) is 54.7 Å². The summed E-state index contributed by atoms with van der Waals surface area (Å²) in [5.74, 6) is -4.65. The number of rotatable bonds is 5. The highest BCUT2D eigenvalue weighted by atomic mass is 32.2. The van der Waals surface area contributed by atoms with Gasteiger partial charge >= 0.3 is 12.2 Å². The standard InChI is InChI=1S/C43H48F2N6O9S/c1-2-29-22-43(29)40(54)49-61(57,58)37-20-30(44)17-18-34(37)46-19-10-5-3-4-9-16-35(47-41(55)59-26-27-12-7-6-8-13-27)39(53)51-24-31(21-36(51)38(52)48-43)60-42(56)50-23-28-14-11-15-33(45)32(28)25-50/h2,6-8,11-15,17-18,20,29,31,35-36,46H,1,3-5,9-10,16,19,21-26H2,(H,47,55)(H,48,52)(H,49,54)/t29-,31-,35+,36+,43-/m1/s1. The number of sulfonamides is 1. The number of benzene rings is 3. The van der Waals surface area contributed by atoms with E-state index in [2.05, 4.69) is 22.5 Å². The Bertz CT molecular complexity index is 2300. The number of halogens is 2. The average Bonchev–Trinajstić information content (AvgIpc) is 3.52. The van der Waals surface area contributed by atoms with Crippen LogP contribution in [0.2, 0.25) is 0 Å². The number of carbonyl (C=O) groups excluding carboxylic acids is 5. The predicted molar refractivity (Wildman–Crippen MR) is 217 cm³/mol. The van der Waals surface area contributed by atoms with Crippen LogP contribution in [0.1, 0.15) is 68.1 Å². The molecule has 18 heteroatoms. The molecule has 0 aromatic heterocycles. The van der Waals surface area contributed by atoms with Crippen LogP contribution in [0.25, 0.3) is 0 Å². The highest BCUT2D eigenvalue weighted by Gasteiger charge is 2.61. The van der Waals surface area contributed by atoms with Gasteiger partial charge in [0.1, 0.15) is 46.9 Å². The molecular formula is C43H48F2N6O9S. The number of alkyl carbamates (subject to hydrolysis) is 1. The molecule has 61 heavy (non-hydrogen) atoms. The Morgan fingerprint density at radius 2 is 1.74 bits per heavy atom. The number of hydrogen-bond acceptors (Lipinski definition) is 10. The van der Waals surface area contributed by atoms with E-state index in [4.69, 9.17) is 9.47 Å². The molecule has 5 atom stereocenters. The summed E-state index contributed by atoms with van der Waals surface area (Å²) in [7, 11) is -4.69. The molecular weight excluding hydrogens is 815 g/mol. The van der Waals surface area contributed by atoms with Gasteiger partial charge in [-0.1, -0.05) is 74.2 Å². The van der Waals surface area contributed by atoms with Crippen LogP contribution in [0.4, 0.5) is 24.1 Å². The summed E-state index contributed by atoms with van der Waals surface area (Å²) >= 11 is 0. The molecule has 3 heterocycles. The second-order valence-corrected chi connectivity index (χ2v) is 17.5. The van der Waals surface area contributed by atoms with Crippen LogP contribution >= 0.6 is 0 Å². The molecule has 3 aliphatic heterocycles. The van der Waals surface area contributed by atoms with Gasteiger partial charge in [0.15, 0.2) is 0 Å². The van der Waals surface area contributed by atoms with E-state index in [1.54, 1.807) is 36.4 Å². The Morgan fingerprint density at radius 1 is 0.967 bits per heavy atom. The summed E-state index contributed by atoms with van der Waals surface area (Å²) in [6.45, 7) is 3.77. The number of nitrogens with one attached hydrogen (secondary N) is 4. The highest BCUT2D eigenvalue weighted by molar-refractivity contribution is 7.90. The van der Waals surface area contributed by atoms with Crippen LogP contribution in [-0.2, 0) is 53.6 Å². The largest absolute Gasteiger partial charge is 0.445 e. The lowest BCUT2D eigenvalue weighted by atomic mass is 10.0. The van der Waals surface area contributed by atoms with Crippen LogP contribution in [0.15, 0.2) is 84.3 Å². The fraction of sp³-hybridized carbons (Fsp3) is 0.419. The molecule has 4 aliphatic rings. The number of fused-ring (bicyclic) bond motifs is 3. The maximum Gasteiger partial charge on any atom is 0.410 e. The fourth-order valence-electron chi connectivity index (χ4n) is 8.16. The van der Waals surface area contributed by atoms with Crippen molar-refractivity contribution >= 4 is 45.6 Å². The lowest BCUT2D eigenvalue weighted by Crippen LogP contribution is -2.58. The molecule has 0 unspecified atom stereocenters. The lowest BCUT2D eigenvalue weighted by molar-refractivity contribution is -0.141. The summed E-state index contributed by atoms with van der Waals surface area (Å²) in [6.07, 6.45) is 1.76. The Kier molecular flexibility index (Phi) is 12.9. The third kappa shape index (κ3) is 9.79. The van der Waals surface area contributed by atoms with E-state index in [-0.39, 0.29) is 51.2 Å². The van der Waals surface area contributed by atoms with Gasteiger partial charge in [0.2, 0.25) is 11.8 Å². The maximum absolute atomic E-state index is 14.6. The van der Waals surface area contributed by atoms with E-state index >= 15 is 0 Å². The molecule has 1 aliphatic carbocycles. The molecule has 3 aromatic rings. The number of ether oxygens (including phenoxy) is 2. The summed E-state index contributed by atoms with van der Waals surface area (Å²) in [5.41, 5.74) is -0.0441. The zero-order valence-corrected chi connectivity index (χ0v) is 34.2. The van der Waals surface area contributed by atoms with Gasteiger partial charge in [-0.25, -0.2) is 31.5 Å². The van der Waals surface area contributed by atoms with Crippen LogP contribution in [0.3, 0.4) is 0 Å². The van der Waals surface area contributed by atoms with Crippen molar-refractivity contribution in [2.45, 2.75) is 99.7 Å². The van der Waals surface area contributed by atoms with Crippen LogP contribution in [-0.4, -0.2) is 84.9 Å². The molecule has 15 nitrogen and oxygen atoms in total. The topological polar surface area (TPSA) is 193 Å². The smallest absolute Gasteiger partial charge is 0.410 e. The Morgan fingerprint density at radius 3 is 2.49 bits per heavy atom. The molecule has 1 saturated carbocycles. The molecule has 324 valence electrons. The molecule has 5 amide bonds. The third-order valence-corrected chi connectivity index (χ3v) is 13.0. The van der Waals surface area contributed by atoms with Gasteiger partial charge in [-0.3, -0.25) is 19.3 Å². The minimum absolute atomic E-state index is 0.0412. The van der Waals surface area contributed by atoms with Crippen molar-refractivity contribution in [1.29, 1.82) is 0 Å². The van der Waals surface area contributed by atoms with Crippen molar-refractivity contribution in [2.75, 3.05) is 18.4 Å². The van der Waals surface area contributed by atoms with E-state index < -0.39 is 86.1 Å². The first-order chi connectivity index (χ1) is 29.3. The number of hydrogen-bond donors (Lipinski definition) is 4. The van der Waals surface area contributed by atoms with Crippen molar-refractivity contribution in [3.05, 3.63) is 108 Å². The predicted octanol–water partition coefficient (Wildman–Crippen LogP) is 5.01. The molecule has 7 rings (SSSR count). The minimum Gasteiger partial charge on any atom is -0.445 e. The third-order valence-electron chi connectivity index (χ3n) is 11.6. The monoisotopic (exact) mass is 862 g/mol. The van der Waals surface area contributed by atoms with Crippen molar-refractivity contribution in [3.63, 3.8) is 0 Å². The maximum atomic E-state index is 14.6. The minimum atomic E-state index is -4.69. The molecule has 2 fully saturated rings. The Hall–Kier alpha value is -6.04. The molecule has 4 N–H and O–H groups in total. The average molecular weight is 863 g/mol. The summed E-state index contributed by atoms with van der Waals surface area (Å²) in [6, 6.07) is 14.1. The van der Waals surface area contributed by atoms with Gasteiger partial charge in [-0.15, -0.1) is 6.58 Å². The first-order valence-corrected chi connectivity index (χ1v) is 21.8. The second kappa shape index (κ2) is 18.3. The van der Waals surface area contributed by atoms with Crippen molar-refractivity contribution < 1.29 is 50.6 Å². The number of anilines is 1.